The summed E-state index contributed by atoms with van der Waals surface area (Å²) in [6.45, 7) is 2.68. The maximum Gasteiger partial charge on any atom is 0.258 e. The summed E-state index contributed by atoms with van der Waals surface area (Å²) in [6, 6.07) is 16.1. The number of benzene rings is 2. The van der Waals surface area contributed by atoms with Gasteiger partial charge in [0.2, 0.25) is 5.91 Å². The highest BCUT2D eigenvalue weighted by molar-refractivity contribution is 5.94. The van der Waals surface area contributed by atoms with Crippen molar-refractivity contribution in [2.24, 2.45) is 0 Å². The molecule has 2 aliphatic rings. The summed E-state index contributed by atoms with van der Waals surface area (Å²) in [7, 11) is 0. The molecule has 2 amide bonds. The Morgan fingerprint density at radius 1 is 1.10 bits per heavy atom. The van der Waals surface area contributed by atoms with Gasteiger partial charge in [0.1, 0.15) is 5.75 Å². The molecule has 152 valence electrons. The Hall–Kier alpha value is -2.86. The Morgan fingerprint density at radius 3 is 2.69 bits per heavy atom. The maximum atomic E-state index is 12.4. The monoisotopic (exact) mass is 393 g/mol. The van der Waals surface area contributed by atoms with E-state index in [0.717, 1.165) is 24.3 Å². The van der Waals surface area contributed by atoms with Crippen molar-refractivity contribution in [2.45, 2.75) is 31.7 Å². The lowest BCUT2D eigenvalue weighted by atomic mass is 10.0. The third-order valence-electron chi connectivity index (χ3n) is 5.60. The van der Waals surface area contributed by atoms with Gasteiger partial charge in [0.25, 0.3) is 5.91 Å². The number of carbonyl (C=O) groups excluding carboxylic acids is 2. The van der Waals surface area contributed by atoms with E-state index in [-0.39, 0.29) is 24.5 Å². The number of nitrogens with one attached hydrogen (secondary N) is 2. The van der Waals surface area contributed by atoms with Gasteiger partial charge in [0, 0.05) is 18.7 Å². The number of rotatable bonds is 7. The number of amides is 2. The molecule has 0 aliphatic carbocycles. The van der Waals surface area contributed by atoms with E-state index in [4.69, 9.17) is 4.74 Å². The van der Waals surface area contributed by atoms with Crippen molar-refractivity contribution in [3.8, 4) is 5.75 Å². The number of anilines is 1. The topological polar surface area (TPSA) is 70.7 Å². The summed E-state index contributed by atoms with van der Waals surface area (Å²) >= 11 is 0. The Kier molecular flexibility index (Phi) is 6.10. The normalized spacial score (nSPS) is 17.3. The number of ether oxygens (including phenoxy) is 1. The first-order valence-corrected chi connectivity index (χ1v) is 10.3. The van der Waals surface area contributed by atoms with E-state index in [2.05, 4.69) is 27.7 Å². The average Bonchev–Trinajstić information content (AvgIpc) is 3.27. The zero-order chi connectivity index (χ0) is 20.1. The van der Waals surface area contributed by atoms with Crippen molar-refractivity contribution in [2.75, 3.05) is 31.6 Å². The van der Waals surface area contributed by atoms with Crippen molar-refractivity contribution < 1.29 is 14.3 Å². The summed E-state index contributed by atoms with van der Waals surface area (Å²) < 4.78 is 5.69. The molecule has 0 spiro atoms. The van der Waals surface area contributed by atoms with Crippen LogP contribution in [0.3, 0.4) is 0 Å². The number of fused-ring (bicyclic) bond motifs is 1. The van der Waals surface area contributed by atoms with E-state index in [1.54, 1.807) is 6.07 Å². The molecule has 2 aliphatic heterocycles. The summed E-state index contributed by atoms with van der Waals surface area (Å²) in [5.74, 6) is 0.557. The van der Waals surface area contributed by atoms with Crippen LogP contribution in [-0.4, -0.2) is 43.0 Å². The van der Waals surface area contributed by atoms with Crippen molar-refractivity contribution >= 4 is 17.5 Å². The number of likely N-dealkylation sites (tertiary alicyclic amines) is 1. The zero-order valence-electron chi connectivity index (χ0n) is 16.5. The second-order valence-corrected chi connectivity index (χ2v) is 7.63. The lowest BCUT2D eigenvalue weighted by Gasteiger charge is -2.28. The standard InChI is InChI=1S/C23H27N3O3/c27-22-11-8-18-14-19(9-10-20(18)25-22)29-16-23(28)24-15-21(26-12-4-5-13-26)17-6-2-1-3-7-17/h1-3,6-7,9-10,14,21H,4-5,8,11-13,15-16H2,(H,24,28)(H,25,27)/t21-/m1/s1. The molecule has 2 heterocycles. The van der Waals surface area contributed by atoms with E-state index in [1.807, 2.05) is 30.3 Å². The fourth-order valence-corrected chi connectivity index (χ4v) is 4.05. The van der Waals surface area contributed by atoms with Gasteiger partial charge < -0.3 is 15.4 Å². The van der Waals surface area contributed by atoms with Gasteiger partial charge in [0.05, 0.1) is 6.04 Å². The summed E-state index contributed by atoms with van der Waals surface area (Å²) in [5.41, 5.74) is 3.10. The van der Waals surface area contributed by atoms with E-state index in [1.165, 1.54) is 18.4 Å². The third-order valence-corrected chi connectivity index (χ3v) is 5.60. The van der Waals surface area contributed by atoms with E-state index < -0.39 is 0 Å². The molecule has 0 bridgehead atoms. The smallest absolute Gasteiger partial charge is 0.258 e. The molecule has 6 nitrogen and oxygen atoms in total. The molecule has 4 rings (SSSR count). The van der Waals surface area contributed by atoms with Gasteiger partial charge in [0.15, 0.2) is 6.61 Å². The minimum absolute atomic E-state index is 0.0212. The Morgan fingerprint density at radius 2 is 1.90 bits per heavy atom. The minimum atomic E-state index is -0.129. The molecule has 1 fully saturated rings. The second kappa shape index (κ2) is 9.09. The number of hydrogen-bond acceptors (Lipinski definition) is 4. The fourth-order valence-electron chi connectivity index (χ4n) is 4.05. The molecule has 1 atom stereocenters. The predicted octanol–water partition coefficient (Wildman–Crippen LogP) is 2.90. The largest absolute Gasteiger partial charge is 0.484 e. The molecule has 2 aromatic rings. The Bertz CT molecular complexity index is 863. The van der Waals surface area contributed by atoms with Gasteiger partial charge in [-0.3, -0.25) is 14.5 Å². The summed E-state index contributed by atoms with van der Waals surface area (Å²) in [4.78, 5) is 26.3. The van der Waals surface area contributed by atoms with E-state index in [9.17, 15) is 9.59 Å². The van der Waals surface area contributed by atoms with Gasteiger partial charge in [-0.2, -0.15) is 0 Å². The van der Waals surface area contributed by atoms with Gasteiger partial charge in [-0.1, -0.05) is 30.3 Å². The SMILES string of the molecule is O=C(COc1ccc2c(c1)CCC(=O)N2)NC[C@H](c1ccccc1)N1CCCC1. The van der Waals surface area contributed by atoms with Crippen LogP contribution in [0.4, 0.5) is 5.69 Å². The molecular weight excluding hydrogens is 366 g/mol. The van der Waals surface area contributed by atoms with Crippen LogP contribution in [0.15, 0.2) is 48.5 Å². The maximum absolute atomic E-state index is 12.4. The van der Waals surface area contributed by atoms with Crippen LogP contribution in [0.2, 0.25) is 0 Å². The van der Waals surface area contributed by atoms with Crippen molar-refractivity contribution in [3.63, 3.8) is 0 Å². The molecule has 2 N–H and O–H groups in total. The molecule has 0 unspecified atom stereocenters. The van der Waals surface area contributed by atoms with Crippen LogP contribution in [-0.2, 0) is 16.0 Å². The molecule has 29 heavy (non-hydrogen) atoms. The fraction of sp³-hybridized carbons (Fsp3) is 0.391. The van der Waals surface area contributed by atoms with E-state index in [0.29, 0.717) is 25.1 Å². The first-order chi connectivity index (χ1) is 14.2. The second-order valence-electron chi connectivity index (χ2n) is 7.63. The third kappa shape index (κ3) is 4.95. The predicted molar refractivity (Wildman–Crippen MR) is 112 cm³/mol. The molecular formula is C23H27N3O3. The average molecular weight is 393 g/mol. The van der Waals surface area contributed by atoms with Crippen LogP contribution in [0.1, 0.15) is 36.4 Å². The molecule has 0 radical (unpaired) electrons. The van der Waals surface area contributed by atoms with Crippen LogP contribution >= 0.6 is 0 Å². The van der Waals surface area contributed by atoms with Crippen LogP contribution in [0.5, 0.6) is 5.75 Å². The molecule has 0 saturated carbocycles. The first-order valence-electron chi connectivity index (χ1n) is 10.3. The number of hydrogen-bond donors (Lipinski definition) is 2. The first kappa shape index (κ1) is 19.5. The molecule has 1 saturated heterocycles. The minimum Gasteiger partial charge on any atom is -0.484 e. The molecule has 0 aromatic heterocycles. The zero-order valence-corrected chi connectivity index (χ0v) is 16.5. The van der Waals surface area contributed by atoms with Crippen molar-refractivity contribution in [3.05, 3.63) is 59.7 Å². The highest BCUT2D eigenvalue weighted by Gasteiger charge is 2.24. The highest BCUT2D eigenvalue weighted by Crippen LogP contribution is 2.27. The number of nitrogens with zero attached hydrogens (tertiary/aromatic N) is 1. The van der Waals surface area contributed by atoms with Gasteiger partial charge in [-0.15, -0.1) is 0 Å². The van der Waals surface area contributed by atoms with Crippen LogP contribution < -0.4 is 15.4 Å². The lowest BCUT2D eigenvalue weighted by molar-refractivity contribution is -0.123. The summed E-state index contributed by atoms with van der Waals surface area (Å²) in [5, 5.41) is 5.88. The quantitative estimate of drug-likeness (QED) is 0.759. The van der Waals surface area contributed by atoms with E-state index >= 15 is 0 Å². The molecule has 2 aromatic carbocycles. The Balaban J connectivity index is 1.31. The van der Waals surface area contributed by atoms with Crippen LogP contribution in [0.25, 0.3) is 0 Å². The lowest BCUT2D eigenvalue weighted by Crippen LogP contribution is -2.38. The highest BCUT2D eigenvalue weighted by atomic mass is 16.5. The Labute approximate surface area is 171 Å². The molecule has 6 heteroatoms. The summed E-state index contributed by atoms with van der Waals surface area (Å²) in [6.07, 6.45) is 3.59. The number of aryl methyl sites for hydroxylation is 1. The van der Waals surface area contributed by atoms with Crippen LogP contribution in [0, 0.1) is 0 Å². The van der Waals surface area contributed by atoms with Crippen molar-refractivity contribution in [1.29, 1.82) is 0 Å². The van der Waals surface area contributed by atoms with Gasteiger partial charge in [-0.25, -0.2) is 0 Å². The number of carbonyl (C=O) groups is 2. The van der Waals surface area contributed by atoms with Gasteiger partial charge in [-0.05, 0) is 61.7 Å². The van der Waals surface area contributed by atoms with Crippen molar-refractivity contribution in [1.82, 2.24) is 10.2 Å². The van der Waals surface area contributed by atoms with Gasteiger partial charge >= 0.3 is 0 Å².